The molecule has 2 aromatic carbocycles. The molecule has 0 aliphatic carbocycles. The van der Waals surface area contributed by atoms with Crippen LogP contribution in [0.25, 0.3) is 33.2 Å². The Morgan fingerprint density at radius 3 is 2.41 bits per heavy atom. The van der Waals surface area contributed by atoms with Crippen LogP contribution in [0.3, 0.4) is 0 Å². The number of pyridine rings is 1. The van der Waals surface area contributed by atoms with E-state index in [0.717, 1.165) is 29.0 Å². The molecule has 1 atom stereocenters. The minimum Gasteiger partial charge on any atom is -0.497 e. The van der Waals surface area contributed by atoms with Crippen molar-refractivity contribution in [1.82, 2.24) is 14.5 Å². The highest BCUT2D eigenvalue weighted by molar-refractivity contribution is 5.96. The summed E-state index contributed by atoms with van der Waals surface area (Å²) in [6, 6.07) is 19.3. The average molecular weight is 386 g/mol. The molecule has 4 nitrogen and oxygen atoms in total. The number of hydrogen-bond donors (Lipinski definition) is 0. The lowest BCUT2D eigenvalue weighted by atomic mass is 10.0. The molecule has 4 heteroatoms. The van der Waals surface area contributed by atoms with E-state index in [2.05, 4.69) is 84.1 Å². The second-order valence-corrected chi connectivity index (χ2v) is 7.77. The summed E-state index contributed by atoms with van der Waals surface area (Å²) in [5.41, 5.74) is 5.83. The van der Waals surface area contributed by atoms with Gasteiger partial charge in [-0.05, 0) is 50.8 Å². The Morgan fingerprint density at radius 2 is 1.69 bits per heavy atom. The molecular weight excluding hydrogens is 358 g/mol. The molecule has 0 aliphatic rings. The Bertz CT molecular complexity index is 1110. The molecule has 4 aromatic rings. The van der Waals surface area contributed by atoms with Crippen molar-refractivity contribution < 1.29 is 4.74 Å². The highest BCUT2D eigenvalue weighted by atomic mass is 16.5. The monoisotopic (exact) mass is 385 g/mol. The van der Waals surface area contributed by atoms with Gasteiger partial charge in [0.2, 0.25) is 0 Å². The van der Waals surface area contributed by atoms with E-state index in [4.69, 9.17) is 4.74 Å². The predicted molar refractivity (Wildman–Crippen MR) is 120 cm³/mol. The van der Waals surface area contributed by atoms with Crippen molar-refractivity contribution in [2.24, 2.45) is 0 Å². The number of hydrogen-bond acceptors (Lipinski definition) is 3. The lowest BCUT2D eigenvalue weighted by Crippen LogP contribution is -2.21. The third kappa shape index (κ3) is 3.89. The quantitative estimate of drug-likeness (QED) is 0.439. The number of aromatic nitrogens is 2. The highest BCUT2D eigenvalue weighted by Crippen LogP contribution is 2.34. The Kier molecular flexibility index (Phi) is 5.36. The molecule has 1 unspecified atom stereocenters. The number of ether oxygens (including phenoxy) is 1. The zero-order chi connectivity index (χ0) is 20.4. The highest BCUT2D eigenvalue weighted by Gasteiger charge is 2.15. The molecular formula is C25H27N3O. The molecule has 0 amide bonds. The van der Waals surface area contributed by atoms with E-state index in [1.807, 2.05) is 24.5 Å². The van der Waals surface area contributed by atoms with Crippen LogP contribution in [0.1, 0.15) is 13.0 Å². The summed E-state index contributed by atoms with van der Waals surface area (Å²) in [5.74, 6) is 0.857. The molecule has 0 fully saturated rings. The summed E-state index contributed by atoms with van der Waals surface area (Å²) in [6.07, 6.45) is 6.14. The van der Waals surface area contributed by atoms with Crippen LogP contribution in [-0.4, -0.2) is 42.2 Å². The standard InChI is InChI=1S/C25H27N3O/c1-18(16-27(2)3)28-17-24(23-7-5-6-8-25(23)28)21-13-20(14-26-15-21)19-9-11-22(29-4)12-10-19/h5-15,17-18H,16H2,1-4H3. The third-order valence-electron chi connectivity index (χ3n) is 5.32. The summed E-state index contributed by atoms with van der Waals surface area (Å²) in [6.45, 7) is 3.25. The maximum atomic E-state index is 5.28. The zero-order valence-corrected chi connectivity index (χ0v) is 17.5. The molecule has 0 N–H and O–H groups in total. The second-order valence-electron chi connectivity index (χ2n) is 7.77. The van der Waals surface area contributed by atoms with E-state index < -0.39 is 0 Å². The fraction of sp³-hybridized carbons (Fsp3) is 0.240. The predicted octanol–water partition coefficient (Wildman–Crippen LogP) is 5.50. The van der Waals surface area contributed by atoms with Crippen LogP contribution in [0.5, 0.6) is 5.75 Å². The molecule has 2 heterocycles. The Balaban J connectivity index is 1.78. The van der Waals surface area contributed by atoms with E-state index in [1.54, 1.807) is 7.11 Å². The first-order chi connectivity index (χ1) is 14.1. The van der Waals surface area contributed by atoms with Gasteiger partial charge < -0.3 is 14.2 Å². The Labute approximate surface area is 172 Å². The number of methoxy groups -OCH3 is 1. The molecule has 0 saturated carbocycles. The fourth-order valence-corrected chi connectivity index (χ4v) is 3.94. The molecule has 2 aromatic heterocycles. The maximum absolute atomic E-state index is 5.28. The first-order valence-electron chi connectivity index (χ1n) is 9.91. The summed E-state index contributed by atoms with van der Waals surface area (Å²) in [4.78, 5) is 6.77. The van der Waals surface area contributed by atoms with Gasteiger partial charge in [0, 0.05) is 58.8 Å². The van der Waals surface area contributed by atoms with Gasteiger partial charge in [-0.3, -0.25) is 4.98 Å². The van der Waals surface area contributed by atoms with Crippen LogP contribution in [0.2, 0.25) is 0 Å². The summed E-state index contributed by atoms with van der Waals surface area (Å²) < 4.78 is 7.66. The van der Waals surface area contributed by atoms with Gasteiger partial charge in [-0.1, -0.05) is 30.3 Å². The third-order valence-corrected chi connectivity index (χ3v) is 5.32. The lowest BCUT2D eigenvalue weighted by molar-refractivity contribution is 0.341. The van der Waals surface area contributed by atoms with Crippen molar-refractivity contribution in [1.29, 1.82) is 0 Å². The summed E-state index contributed by atoms with van der Waals surface area (Å²) in [7, 11) is 5.92. The first-order valence-corrected chi connectivity index (χ1v) is 9.91. The van der Waals surface area contributed by atoms with E-state index in [0.29, 0.717) is 6.04 Å². The van der Waals surface area contributed by atoms with Gasteiger partial charge in [-0.2, -0.15) is 0 Å². The summed E-state index contributed by atoms with van der Waals surface area (Å²) >= 11 is 0. The number of para-hydroxylation sites is 1. The fourth-order valence-electron chi connectivity index (χ4n) is 3.94. The maximum Gasteiger partial charge on any atom is 0.118 e. The smallest absolute Gasteiger partial charge is 0.118 e. The number of rotatable bonds is 6. The van der Waals surface area contributed by atoms with Gasteiger partial charge in [0.15, 0.2) is 0 Å². The van der Waals surface area contributed by atoms with Crippen molar-refractivity contribution in [2.75, 3.05) is 27.7 Å². The molecule has 0 aliphatic heterocycles. The summed E-state index contributed by atoms with van der Waals surface area (Å²) in [5, 5.41) is 1.26. The van der Waals surface area contributed by atoms with Gasteiger partial charge in [0.1, 0.15) is 5.75 Å². The number of benzene rings is 2. The SMILES string of the molecule is COc1ccc(-c2cncc(-c3cn(C(C)CN(C)C)c4ccccc34)c2)cc1. The van der Waals surface area contributed by atoms with Crippen molar-refractivity contribution in [2.45, 2.75) is 13.0 Å². The van der Waals surface area contributed by atoms with Crippen LogP contribution >= 0.6 is 0 Å². The second kappa shape index (κ2) is 8.10. The first kappa shape index (κ1) is 19.2. The van der Waals surface area contributed by atoms with Crippen LogP contribution in [-0.2, 0) is 0 Å². The molecule has 4 rings (SSSR count). The van der Waals surface area contributed by atoms with Crippen molar-refractivity contribution in [3.63, 3.8) is 0 Å². The van der Waals surface area contributed by atoms with Crippen LogP contribution in [0, 0.1) is 0 Å². The molecule has 0 bridgehead atoms. The molecule has 0 spiro atoms. The van der Waals surface area contributed by atoms with Gasteiger partial charge in [-0.25, -0.2) is 0 Å². The van der Waals surface area contributed by atoms with Crippen LogP contribution in [0.4, 0.5) is 0 Å². The Morgan fingerprint density at radius 1 is 0.966 bits per heavy atom. The van der Waals surface area contributed by atoms with Gasteiger partial charge in [-0.15, -0.1) is 0 Å². The lowest BCUT2D eigenvalue weighted by Gasteiger charge is -2.19. The van der Waals surface area contributed by atoms with E-state index in [1.165, 1.54) is 16.5 Å². The largest absolute Gasteiger partial charge is 0.497 e. The van der Waals surface area contributed by atoms with Crippen LogP contribution in [0.15, 0.2) is 73.2 Å². The topological polar surface area (TPSA) is 30.3 Å². The molecule has 0 saturated heterocycles. The number of fused-ring (bicyclic) bond motifs is 1. The van der Waals surface area contributed by atoms with Crippen molar-refractivity contribution in [3.05, 3.63) is 73.2 Å². The zero-order valence-electron chi connectivity index (χ0n) is 17.5. The number of nitrogens with zero attached hydrogens (tertiary/aromatic N) is 3. The number of likely N-dealkylation sites (N-methyl/N-ethyl adjacent to an activating group) is 1. The van der Waals surface area contributed by atoms with Gasteiger partial charge in [0.25, 0.3) is 0 Å². The minimum atomic E-state index is 0.376. The molecule has 29 heavy (non-hydrogen) atoms. The van der Waals surface area contributed by atoms with E-state index >= 15 is 0 Å². The Hall–Kier alpha value is -3.11. The van der Waals surface area contributed by atoms with E-state index in [9.17, 15) is 0 Å². The van der Waals surface area contributed by atoms with Gasteiger partial charge >= 0.3 is 0 Å². The molecule has 0 radical (unpaired) electrons. The normalized spacial score (nSPS) is 12.4. The average Bonchev–Trinajstić information content (AvgIpc) is 3.13. The van der Waals surface area contributed by atoms with E-state index in [-0.39, 0.29) is 0 Å². The van der Waals surface area contributed by atoms with Crippen molar-refractivity contribution >= 4 is 10.9 Å². The van der Waals surface area contributed by atoms with Crippen LogP contribution < -0.4 is 4.74 Å². The molecule has 148 valence electrons. The van der Waals surface area contributed by atoms with Crippen molar-refractivity contribution in [3.8, 4) is 28.0 Å². The van der Waals surface area contributed by atoms with Gasteiger partial charge in [0.05, 0.1) is 7.11 Å². The minimum absolute atomic E-state index is 0.376.